The predicted octanol–water partition coefficient (Wildman–Crippen LogP) is -1.67. The van der Waals surface area contributed by atoms with Crippen LogP contribution in [-0.4, -0.2) is 27.2 Å². The van der Waals surface area contributed by atoms with Crippen LogP contribution in [0.4, 0.5) is 0 Å². The molecule has 0 aromatic carbocycles. The SMILES string of the molecule is CN1N[OH+]C([O-])C1I. The van der Waals surface area contributed by atoms with Crippen LogP contribution in [0.25, 0.3) is 0 Å². The van der Waals surface area contributed by atoms with Gasteiger partial charge in [-0.2, -0.15) is 5.01 Å². The van der Waals surface area contributed by atoms with Crippen LogP contribution >= 0.6 is 22.6 Å². The van der Waals surface area contributed by atoms with Gasteiger partial charge in [0.15, 0.2) is 0 Å². The molecule has 0 radical (unpaired) electrons. The van der Waals surface area contributed by atoms with E-state index in [1.54, 1.807) is 12.1 Å². The second-order valence-corrected chi connectivity index (χ2v) is 2.88. The summed E-state index contributed by atoms with van der Waals surface area (Å²) in [5.41, 5.74) is 2.56. The van der Waals surface area contributed by atoms with Crippen molar-refractivity contribution in [2.45, 2.75) is 10.3 Å². The Hall–Kier alpha value is 0.570. The molecule has 1 aliphatic heterocycles. The van der Waals surface area contributed by atoms with Gasteiger partial charge in [0.05, 0.1) is 0 Å². The molecule has 0 spiro atoms. The number of nitrogens with zero attached hydrogens (tertiary/aromatic N) is 1. The van der Waals surface area contributed by atoms with E-state index in [1.807, 2.05) is 22.6 Å². The Morgan fingerprint density at radius 2 is 2.50 bits per heavy atom. The summed E-state index contributed by atoms with van der Waals surface area (Å²) < 4.78 is -0.0485. The maximum Gasteiger partial charge on any atom is 0.144 e. The molecule has 0 aliphatic carbocycles. The van der Waals surface area contributed by atoms with Crippen LogP contribution in [-0.2, 0) is 0 Å². The van der Waals surface area contributed by atoms with Crippen LogP contribution in [0.2, 0.25) is 0 Å². The molecule has 0 bridgehead atoms. The number of hydrogen-bond donors (Lipinski definition) is 1. The highest BCUT2D eigenvalue weighted by molar-refractivity contribution is 14.1. The molecule has 2 N–H and O–H groups in total. The van der Waals surface area contributed by atoms with Crippen molar-refractivity contribution in [3.8, 4) is 0 Å². The summed E-state index contributed by atoms with van der Waals surface area (Å²) in [6.45, 7) is 0. The van der Waals surface area contributed by atoms with E-state index >= 15 is 0 Å². The third-order valence-corrected chi connectivity index (χ3v) is 2.40. The number of halogens is 1. The van der Waals surface area contributed by atoms with Crippen molar-refractivity contribution in [3.05, 3.63) is 0 Å². The minimum absolute atomic E-state index is 0.0485. The third-order valence-electron chi connectivity index (χ3n) is 0.948. The lowest BCUT2D eigenvalue weighted by molar-refractivity contribution is -0.522. The Bertz CT molecular complexity index is 81.4. The van der Waals surface area contributed by atoms with Crippen LogP contribution in [0.1, 0.15) is 0 Å². The zero-order valence-electron chi connectivity index (χ0n) is 4.34. The second-order valence-electron chi connectivity index (χ2n) is 1.60. The van der Waals surface area contributed by atoms with Gasteiger partial charge in [-0.05, 0) is 5.59 Å². The largest absolute Gasteiger partial charge is 0.785 e. The van der Waals surface area contributed by atoms with Crippen molar-refractivity contribution in [1.29, 1.82) is 0 Å². The predicted molar refractivity (Wildman–Crippen MR) is 34.7 cm³/mol. The minimum Gasteiger partial charge on any atom is -0.785 e. The first-order valence-electron chi connectivity index (χ1n) is 2.20. The van der Waals surface area contributed by atoms with Crippen LogP contribution in [0, 0.1) is 0 Å². The van der Waals surface area contributed by atoms with Crippen LogP contribution in [0.15, 0.2) is 0 Å². The number of aliphatic hydroxyl groups is 1. The molecule has 0 aromatic rings. The minimum atomic E-state index is -0.833. The lowest BCUT2D eigenvalue weighted by Crippen LogP contribution is -2.36. The summed E-state index contributed by atoms with van der Waals surface area (Å²) in [6, 6.07) is 0. The van der Waals surface area contributed by atoms with E-state index in [4.69, 9.17) is 0 Å². The maximum absolute atomic E-state index is 10.6. The van der Waals surface area contributed by atoms with E-state index in [2.05, 4.69) is 10.4 Å². The normalized spacial score (nSPS) is 40.9. The standard InChI is InChI=1S/C3H6IN2O2/c1-6-2(4)3(7)8-5-6/h2-3,5H,1H3/q-1/p+1. The molecule has 2 atom stereocenters. The Morgan fingerprint density at radius 3 is 2.62 bits per heavy atom. The lowest BCUT2D eigenvalue weighted by Gasteiger charge is -2.11. The summed E-state index contributed by atoms with van der Waals surface area (Å²) in [4.78, 5) is 3.51. The molecule has 1 aliphatic rings. The molecule has 4 nitrogen and oxygen atoms in total. The van der Waals surface area contributed by atoms with Crippen LogP contribution in [0.3, 0.4) is 0 Å². The molecule has 1 saturated heterocycles. The van der Waals surface area contributed by atoms with Gasteiger partial charge in [-0.15, -0.1) is 0 Å². The van der Waals surface area contributed by atoms with Gasteiger partial charge in [0.1, 0.15) is 10.3 Å². The Kier molecular flexibility index (Phi) is 2.04. The van der Waals surface area contributed by atoms with Gasteiger partial charge in [0.25, 0.3) is 0 Å². The first kappa shape index (κ1) is 6.69. The lowest BCUT2D eigenvalue weighted by atomic mass is 10.6. The van der Waals surface area contributed by atoms with E-state index in [1.165, 1.54) is 0 Å². The van der Waals surface area contributed by atoms with Gasteiger partial charge in [-0.25, -0.2) is 0 Å². The first-order valence-corrected chi connectivity index (χ1v) is 3.44. The molecule has 8 heavy (non-hydrogen) atoms. The number of likely N-dealkylation sites (N-methyl/N-ethyl adjacent to an activating group) is 1. The molecule has 0 saturated carbocycles. The fourth-order valence-corrected chi connectivity index (χ4v) is 0.741. The van der Waals surface area contributed by atoms with E-state index in [9.17, 15) is 5.11 Å². The van der Waals surface area contributed by atoms with Crippen LogP contribution < -0.4 is 10.7 Å². The smallest absolute Gasteiger partial charge is 0.144 e. The molecule has 1 rings (SSSR count). The Morgan fingerprint density at radius 1 is 1.88 bits per heavy atom. The molecule has 1 heterocycles. The van der Waals surface area contributed by atoms with Crippen LogP contribution in [0.5, 0.6) is 0 Å². The summed E-state index contributed by atoms with van der Waals surface area (Å²) >= 11 is 2.04. The number of hydrogen-bond acceptors (Lipinski definition) is 3. The highest BCUT2D eigenvalue weighted by atomic mass is 127. The first-order chi connectivity index (χ1) is 3.72. The number of nitrogens with one attached hydrogen (secondary N) is 1. The molecule has 2 unspecified atom stereocenters. The molecule has 48 valence electrons. The Labute approximate surface area is 60.9 Å². The monoisotopic (exact) mass is 230 g/mol. The topological polar surface area (TPSA) is 51.1 Å². The fourth-order valence-electron chi connectivity index (χ4n) is 0.456. The summed E-state index contributed by atoms with van der Waals surface area (Å²) in [7, 11) is 1.79. The average Bonchev–Trinajstić information content (AvgIpc) is 1.98. The van der Waals surface area contributed by atoms with Crippen molar-refractivity contribution >= 4 is 22.6 Å². The van der Waals surface area contributed by atoms with E-state index in [-0.39, 0.29) is 4.05 Å². The van der Waals surface area contributed by atoms with Gasteiger partial charge >= 0.3 is 0 Å². The highest BCUT2D eigenvalue weighted by Gasteiger charge is 2.27. The molecule has 1 fully saturated rings. The molecule has 0 amide bonds. The number of hydrazine groups is 1. The van der Waals surface area contributed by atoms with Crippen molar-refractivity contribution in [2.75, 3.05) is 7.05 Å². The van der Waals surface area contributed by atoms with Gasteiger partial charge < -0.3 is 9.94 Å². The van der Waals surface area contributed by atoms with Crippen molar-refractivity contribution in [3.63, 3.8) is 0 Å². The third kappa shape index (κ3) is 1.11. The average molecular weight is 230 g/mol. The van der Waals surface area contributed by atoms with E-state index in [0.717, 1.165) is 0 Å². The van der Waals surface area contributed by atoms with E-state index < -0.39 is 6.29 Å². The summed E-state index contributed by atoms with van der Waals surface area (Å²) in [5, 5.41) is 12.3. The Balaban J connectivity index is 2.44. The van der Waals surface area contributed by atoms with Crippen molar-refractivity contribution in [2.24, 2.45) is 0 Å². The van der Waals surface area contributed by atoms with Gasteiger partial charge in [0.2, 0.25) is 0 Å². The number of alkyl halides is 1. The second kappa shape index (κ2) is 2.44. The molecular formula is C3H7IN2O2. The van der Waals surface area contributed by atoms with Crippen molar-refractivity contribution in [1.82, 2.24) is 10.6 Å². The van der Waals surface area contributed by atoms with Gasteiger partial charge in [0, 0.05) is 7.05 Å². The zero-order chi connectivity index (χ0) is 6.15. The number of rotatable bonds is 0. The quantitative estimate of drug-likeness (QED) is 0.234. The van der Waals surface area contributed by atoms with Gasteiger partial charge in [-0.1, -0.05) is 22.6 Å². The highest BCUT2D eigenvalue weighted by Crippen LogP contribution is 2.10. The molecule has 5 heteroatoms. The fraction of sp³-hybridized carbons (Fsp3) is 1.00. The van der Waals surface area contributed by atoms with Gasteiger partial charge in [-0.3, -0.25) is 0 Å². The van der Waals surface area contributed by atoms with Crippen molar-refractivity contribution < 1.29 is 9.94 Å². The molecule has 0 aromatic heterocycles. The zero-order valence-corrected chi connectivity index (χ0v) is 6.49. The van der Waals surface area contributed by atoms with E-state index in [0.29, 0.717) is 0 Å². The summed E-state index contributed by atoms with van der Waals surface area (Å²) in [5.74, 6) is 0. The summed E-state index contributed by atoms with van der Waals surface area (Å²) in [6.07, 6.45) is -0.833. The maximum atomic E-state index is 10.6. The molecular weight excluding hydrogens is 223 g/mol.